The van der Waals surface area contributed by atoms with Crippen molar-refractivity contribution < 1.29 is 43.1 Å². The Kier molecular flexibility index (Phi) is 9.47. The van der Waals surface area contributed by atoms with E-state index in [1.165, 1.54) is 31.6 Å². The lowest BCUT2D eigenvalue weighted by Gasteiger charge is -2.31. The molecule has 0 amide bonds. The number of hydrogen-bond acceptors (Lipinski definition) is 12. The lowest BCUT2D eigenvalue weighted by atomic mass is 9.97. The van der Waals surface area contributed by atoms with Crippen LogP contribution in [0.4, 0.5) is 5.82 Å². The molecule has 2 aromatic rings. The van der Waals surface area contributed by atoms with Crippen LogP contribution in [0.5, 0.6) is 0 Å². The number of nitrogens with one attached hydrogen (secondary N) is 2. The molecule has 38 heavy (non-hydrogen) atoms. The number of rotatable bonds is 12. The van der Waals surface area contributed by atoms with Crippen LogP contribution in [0.3, 0.4) is 0 Å². The summed E-state index contributed by atoms with van der Waals surface area (Å²) in [6, 6.07) is 1.11. The number of nitrogen functional groups attached to an aromatic ring is 1. The van der Waals surface area contributed by atoms with Crippen molar-refractivity contribution in [3.05, 3.63) is 24.2 Å². The highest BCUT2D eigenvalue weighted by Crippen LogP contribution is 2.45. The third-order valence-electron chi connectivity index (χ3n) is 6.00. The number of carbonyl (C=O) groups excluding carboxylic acids is 2. The number of nitrogens with two attached hydrogens (primary N) is 1. The first kappa shape index (κ1) is 29.9. The van der Waals surface area contributed by atoms with Gasteiger partial charge in [0.05, 0.1) is 25.5 Å². The number of aliphatic hydroxyl groups is 2. The summed E-state index contributed by atoms with van der Waals surface area (Å²) in [6.45, 7) is 7.24. The molecule has 1 saturated heterocycles. The first-order valence-corrected chi connectivity index (χ1v) is 13.7. The molecule has 1 fully saturated rings. The summed E-state index contributed by atoms with van der Waals surface area (Å²) in [7, 11) is -4.17. The summed E-state index contributed by atoms with van der Waals surface area (Å²) in [6.07, 6.45) is -2.69. The second-order valence-electron chi connectivity index (χ2n) is 9.02. The minimum absolute atomic E-state index is 0.102. The molecule has 0 unspecified atom stereocenters. The molecule has 212 valence electrons. The Morgan fingerprint density at radius 2 is 1.76 bits per heavy atom. The fourth-order valence-electron chi connectivity index (χ4n) is 3.98. The van der Waals surface area contributed by atoms with E-state index < -0.39 is 62.2 Å². The molecule has 1 aliphatic rings. The second kappa shape index (κ2) is 12.0. The lowest BCUT2D eigenvalue weighted by Crippen LogP contribution is -2.47. The average Bonchev–Trinajstić information content (AvgIpc) is 3.39. The molecule has 0 radical (unpaired) electrons. The molecule has 6 N–H and O–H groups in total. The van der Waals surface area contributed by atoms with Gasteiger partial charge in [-0.25, -0.2) is 19.7 Å². The highest BCUT2D eigenvalue weighted by atomic mass is 31.2. The fraction of sp³-hybridized carbons (Fsp3) is 0.636. The van der Waals surface area contributed by atoms with Crippen molar-refractivity contribution in [3.8, 4) is 0 Å². The van der Waals surface area contributed by atoms with Gasteiger partial charge in [-0.2, -0.15) is 5.10 Å². The first-order chi connectivity index (χ1) is 17.9. The van der Waals surface area contributed by atoms with Gasteiger partial charge in [-0.3, -0.25) is 14.2 Å². The summed E-state index contributed by atoms with van der Waals surface area (Å²) in [5, 5.41) is 31.0. The van der Waals surface area contributed by atoms with Gasteiger partial charge in [0.25, 0.3) is 0 Å². The number of hydrogen-bond donors (Lipinski definition) is 5. The van der Waals surface area contributed by atoms with Crippen LogP contribution in [0.2, 0.25) is 0 Å². The topological polar surface area (TPSA) is 209 Å². The van der Waals surface area contributed by atoms with Crippen LogP contribution in [0.1, 0.15) is 46.4 Å². The molecule has 0 aromatic carbocycles. The maximum atomic E-state index is 13.8. The highest BCUT2D eigenvalue weighted by Gasteiger charge is 2.53. The van der Waals surface area contributed by atoms with E-state index in [0.717, 1.165) is 0 Å². The van der Waals surface area contributed by atoms with Crippen molar-refractivity contribution in [2.24, 2.45) is 0 Å². The highest BCUT2D eigenvalue weighted by molar-refractivity contribution is 7.54. The molecule has 1 aliphatic heterocycles. The quantitative estimate of drug-likeness (QED) is 0.173. The molecule has 0 saturated carbocycles. The first-order valence-electron chi connectivity index (χ1n) is 12.1. The maximum Gasteiger partial charge on any atom is 0.342 e. The third kappa shape index (κ3) is 6.31. The number of aromatic nitrogens is 3. The van der Waals surface area contributed by atoms with Gasteiger partial charge in [0.1, 0.15) is 47.8 Å². The van der Waals surface area contributed by atoms with Gasteiger partial charge in [0.15, 0.2) is 5.82 Å². The normalized spacial score (nSPS) is 25.3. The van der Waals surface area contributed by atoms with Crippen LogP contribution in [-0.2, 0) is 32.9 Å². The van der Waals surface area contributed by atoms with Crippen molar-refractivity contribution in [2.45, 2.75) is 70.6 Å². The Balaban J connectivity index is 1.82. The number of fused-ring (bicyclic) bond motifs is 1. The van der Waals surface area contributed by atoms with Crippen molar-refractivity contribution >= 4 is 30.9 Å². The molecule has 2 aromatic heterocycles. The zero-order valence-corrected chi connectivity index (χ0v) is 22.8. The maximum absolute atomic E-state index is 13.8. The van der Waals surface area contributed by atoms with Gasteiger partial charge in [-0.15, -0.1) is 0 Å². The van der Waals surface area contributed by atoms with Gasteiger partial charge in [-0.05, 0) is 46.8 Å². The Morgan fingerprint density at radius 3 is 2.32 bits per heavy atom. The largest absolute Gasteiger partial charge is 0.465 e. The van der Waals surface area contributed by atoms with Crippen molar-refractivity contribution in [1.29, 1.82) is 0 Å². The number of carbonyl (C=O) groups is 2. The Labute approximate surface area is 219 Å². The molecule has 6 atom stereocenters. The van der Waals surface area contributed by atoms with Crippen molar-refractivity contribution in [1.82, 2.24) is 24.8 Å². The molecule has 15 nitrogen and oxygen atoms in total. The lowest BCUT2D eigenvalue weighted by molar-refractivity contribution is -0.145. The third-order valence-corrected chi connectivity index (χ3v) is 7.95. The van der Waals surface area contributed by atoms with E-state index in [1.807, 2.05) is 0 Å². The van der Waals surface area contributed by atoms with Crippen LogP contribution in [0.15, 0.2) is 18.5 Å². The molecule has 0 spiro atoms. The number of anilines is 1. The van der Waals surface area contributed by atoms with E-state index in [-0.39, 0.29) is 19.0 Å². The van der Waals surface area contributed by atoms with Crippen LogP contribution in [-0.4, -0.2) is 86.5 Å². The Hall–Kier alpha value is -2.65. The van der Waals surface area contributed by atoms with Crippen molar-refractivity contribution in [3.63, 3.8) is 0 Å². The van der Waals surface area contributed by atoms with E-state index in [9.17, 15) is 24.4 Å². The standard InChI is InChI=1S/C22H35N6O9P/c1-6-34-20(31)12(3)26-38(33,27-13(4)21(32)35-7-2)36-10-22(5)18(30)16(29)17(37-22)14-8-9-15-19(23)24-11-25-28(14)15/h8-9,11-13,16-18,29-30H,6-7,10H2,1-5H3,(H2,23,24,25)(H2,26,27,33)/t12-,13-,16-,17-,18-,22+/m0/s1. The number of aliphatic hydroxyl groups excluding tert-OH is 2. The van der Waals surface area contributed by atoms with Crippen LogP contribution < -0.4 is 15.9 Å². The Morgan fingerprint density at radius 1 is 1.18 bits per heavy atom. The van der Waals surface area contributed by atoms with Crippen molar-refractivity contribution in [2.75, 3.05) is 25.6 Å². The van der Waals surface area contributed by atoms with Gasteiger partial charge < -0.3 is 34.7 Å². The minimum atomic E-state index is -4.17. The molecule has 0 bridgehead atoms. The summed E-state index contributed by atoms with van der Waals surface area (Å²) >= 11 is 0. The smallest absolute Gasteiger partial charge is 0.342 e. The fourth-order valence-corrected chi connectivity index (χ4v) is 5.87. The van der Waals surface area contributed by atoms with Gasteiger partial charge >= 0.3 is 19.6 Å². The molecule has 3 heterocycles. The van der Waals surface area contributed by atoms with Crippen LogP contribution >= 0.6 is 7.67 Å². The number of esters is 2. The number of nitrogens with zero attached hydrogens (tertiary/aromatic N) is 3. The van der Waals surface area contributed by atoms with Gasteiger partial charge in [-0.1, -0.05) is 0 Å². The zero-order chi connectivity index (χ0) is 28.3. The summed E-state index contributed by atoms with van der Waals surface area (Å²) in [5.41, 5.74) is 5.20. The second-order valence-corrected chi connectivity index (χ2v) is 10.9. The van der Waals surface area contributed by atoms with E-state index in [4.69, 9.17) is 24.5 Å². The van der Waals surface area contributed by atoms with Gasteiger partial charge in [0.2, 0.25) is 0 Å². The molecule has 16 heteroatoms. The minimum Gasteiger partial charge on any atom is -0.465 e. The summed E-state index contributed by atoms with van der Waals surface area (Å²) in [5.74, 6) is -1.17. The summed E-state index contributed by atoms with van der Waals surface area (Å²) < 4.78 is 36.8. The van der Waals surface area contributed by atoms with Crippen LogP contribution in [0.25, 0.3) is 5.52 Å². The average molecular weight is 559 g/mol. The van der Waals surface area contributed by atoms with E-state index >= 15 is 0 Å². The molecular weight excluding hydrogens is 523 g/mol. The molecule has 0 aliphatic carbocycles. The molecule has 3 rings (SSSR count). The predicted octanol–water partition coefficient (Wildman–Crippen LogP) is 0.0704. The predicted molar refractivity (Wildman–Crippen MR) is 134 cm³/mol. The van der Waals surface area contributed by atoms with Gasteiger partial charge in [0, 0.05) is 0 Å². The summed E-state index contributed by atoms with van der Waals surface area (Å²) in [4.78, 5) is 28.3. The SMILES string of the molecule is CCOC(=O)[C@H](C)NP(=O)(N[C@@H](C)C(=O)OCC)OC[C@@]1(C)O[C@@H](c2ccc3c(N)ncnn23)[C@H](O)[C@@H]1O. The van der Waals surface area contributed by atoms with Crippen LogP contribution in [0, 0.1) is 0 Å². The zero-order valence-electron chi connectivity index (χ0n) is 21.9. The van der Waals surface area contributed by atoms with E-state index in [0.29, 0.717) is 11.2 Å². The van der Waals surface area contributed by atoms with E-state index in [2.05, 4.69) is 20.3 Å². The monoisotopic (exact) mass is 558 g/mol. The molecular formula is C22H35N6O9P. The number of ether oxygens (including phenoxy) is 3. The Bertz CT molecular complexity index is 1170. The van der Waals surface area contributed by atoms with E-state index in [1.54, 1.807) is 26.0 Å².